The average Bonchev–Trinajstić information content (AvgIpc) is 3.72. The lowest BCUT2D eigenvalue weighted by Gasteiger charge is -2.32. The second-order valence-corrected chi connectivity index (χ2v) is 8.56. The molecule has 1 saturated heterocycles. The number of nitrogens with two attached hydrogens (primary N) is 1. The second-order valence-electron chi connectivity index (χ2n) is 8.56. The maximum atomic E-state index is 8.91. The van der Waals surface area contributed by atoms with Crippen LogP contribution in [0.5, 0.6) is 0 Å². The van der Waals surface area contributed by atoms with E-state index in [0.717, 1.165) is 44.9 Å². The highest BCUT2D eigenvalue weighted by atomic mass is 16.5. The second kappa shape index (κ2) is 13.1. The van der Waals surface area contributed by atoms with E-state index in [0.29, 0.717) is 18.4 Å². The molecule has 0 radical (unpaired) electrons. The van der Waals surface area contributed by atoms with Gasteiger partial charge >= 0.3 is 0 Å². The van der Waals surface area contributed by atoms with Crippen LogP contribution in [0.1, 0.15) is 50.2 Å². The zero-order valence-electron chi connectivity index (χ0n) is 18.5. The van der Waals surface area contributed by atoms with Crippen LogP contribution in [0.2, 0.25) is 0 Å². The molecule has 30 heavy (non-hydrogen) atoms. The topological polar surface area (TPSA) is 96.4 Å². The van der Waals surface area contributed by atoms with Gasteiger partial charge in [-0.2, -0.15) is 5.26 Å². The summed E-state index contributed by atoms with van der Waals surface area (Å²) in [5, 5.41) is 8.91. The third kappa shape index (κ3) is 8.25. The number of piperidine rings is 1. The van der Waals surface area contributed by atoms with Gasteiger partial charge in [0.1, 0.15) is 13.6 Å². The molecule has 1 aliphatic heterocycles. The summed E-state index contributed by atoms with van der Waals surface area (Å²) < 4.78 is 5.87. The zero-order valence-corrected chi connectivity index (χ0v) is 18.5. The normalized spacial score (nSPS) is 24.6. The molecule has 1 aromatic rings. The Labute approximate surface area is 181 Å². The number of ether oxygens (including phenoxy) is 1. The molecule has 2 aliphatic carbocycles. The van der Waals surface area contributed by atoms with Crippen molar-refractivity contribution in [2.45, 2.75) is 58.1 Å². The van der Waals surface area contributed by atoms with Gasteiger partial charge in [-0.1, -0.05) is 49.6 Å². The summed E-state index contributed by atoms with van der Waals surface area (Å²) in [5.74, 6) is 2.11. The predicted octanol–water partition coefficient (Wildman–Crippen LogP) is 3.47. The molecule has 6 heteroatoms. The monoisotopic (exact) mass is 415 g/mol. The van der Waals surface area contributed by atoms with Crippen molar-refractivity contribution in [1.82, 2.24) is 4.90 Å². The minimum absolute atomic E-state index is 0.0468. The van der Waals surface area contributed by atoms with E-state index in [2.05, 4.69) is 44.3 Å². The molecule has 0 aromatic heterocycles. The molecule has 1 heterocycles. The molecule has 4 rings (SSSR count). The molecule has 0 bridgehead atoms. The zero-order chi connectivity index (χ0) is 22.6. The van der Waals surface area contributed by atoms with Gasteiger partial charge in [-0.3, -0.25) is 0 Å². The Bertz CT molecular complexity index is 647. The summed E-state index contributed by atoms with van der Waals surface area (Å²) in [6, 6.07) is 8.48. The highest BCUT2D eigenvalue weighted by Gasteiger charge is 2.55. The predicted molar refractivity (Wildman–Crippen MR) is 118 cm³/mol. The number of aryl methyl sites for hydroxylation is 1. The van der Waals surface area contributed by atoms with Crippen molar-refractivity contribution in [3.8, 4) is 6.19 Å². The van der Waals surface area contributed by atoms with Crippen LogP contribution >= 0.6 is 0 Å². The fourth-order valence-corrected chi connectivity index (χ4v) is 3.77. The van der Waals surface area contributed by atoms with Crippen molar-refractivity contribution in [2.24, 2.45) is 23.5 Å². The standard InChI is InChI=1S/C18H25N3O.C4H8.2CH2O/c1-14-2-4-15(5-3-14)11-22-12-17-10-18(17,20)16-6-8-21(13-19)9-7-16;1-4-2-3-4;2*1-2/h2-5,16-17H,6-12,20H2,1H3;4H,2-3H2,1H3;2*1H2. The Morgan fingerprint density at radius 2 is 1.67 bits per heavy atom. The molecule has 3 fully saturated rings. The number of carbonyl (C=O) groups excluding carboxylic acids is 2. The van der Waals surface area contributed by atoms with E-state index in [1.54, 1.807) is 0 Å². The van der Waals surface area contributed by atoms with E-state index in [4.69, 9.17) is 25.3 Å². The molecule has 0 amide bonds. The number of likely N-dealkylation sites (tertiary alicyclic amines) is 1. The summed E-state index contributed by atoms with van der Waals surface area (Å²) in [7, 11) is 0. The van der Waals surface area contributed by atoms with Gasteiger partial charge in [0, 0.05) is 24.5 Å². The quantitative estimate of drug-likeness (QED) is 0.740. The Morgan fingerprint density at radius 1 is 1.13 bits per heavy atom. The summed E-state index contributed by atoms with van der Waals surface area (Å²) in [6.45, 7) is 11.5. The van der Waals surface area contributed by atoms with Crippen LogP contribution in [0.25, 0.3) is 0 Å². The van der Waals surface area contributed by atoms with E-state index in [1.807, 2.05) is 18.5 Å². The van der Waals surface area contributed by atoms with Gasteiger partial charge in [0.25, 0.3) is 0 Å². The molecule has 0 spiro atoms. The lowest BCUT2D eigenvalue weighted by Crippen LogP contribution is -2.42. The van der Waals surface area contributed by atoms with Crippen molar-refractivity contribution < 1.29 is 14.3 Å². The van der Waals surface area contributed by atoms with Gasteiger partial charge in [-0.15, -0.1) is 0 Å². The van der Waals surface area contributed by atoms with Crippen molar-refractivity contribution >= 4 is 13.6 Å². The summed E-state index contributed by atoms with van der Waals surface area (Å²) in [6.07, 6.45) is 8.35. The number of carbonyl (C=O) groups is 2. The van der Waals surface area contributed by atoms with Crippen molar-refractivity contribution in [2.75, 3.05) is 19.7 Å². The van der Waals surface area contributed by atoms with E-state index < -0.39 is 0 Å². The molecule has 3 aliphatic rings. The van der Waals surface area contributed by atoms with E-state index in [9.17, 15) is 0 Å². The van der Waals surface area contributed by atoms with Crippen LogP contribution < -0.4 is 5.73 Å². The lowest BCUT2D eigenvalue weighted by molar-refractivity contribution is -0.0987. The lowest BCUT2D eigenvalue weighted by atomic mass is 9.86. The minimum Gasteiger partial charge on any atom is -0.376 e. The first-order valence-electron chi connectivity index (χ1n) is 10.7. The number of hydrogen-bond donors (Lipinski definition) is 1. The van der Waals surface area contributed by atoms with Gasteiger partial charge in [-0.05, 0) is 43.6 Å². The van der Waals surface area contributed by atoms with Crippen molar-refractivity contribution in [3.63, 3.8) is 0 Å². The molecule has 2 N–H and O–H groups in total. The smallest absolute Gasteiger partial charge is 0.179 e. The Morgan fingerprint density at radius 3 is 2.13 bits per heavy atom. The van der Waals surface area contributed by atoms with Crippen LogP contribution in [0.3, 0.4) is 0 Å². The molecule has 2 unspecified atom stereocenters. The molecule has 166 valence electrons. The molecule has 2 saturated carbocycles. The maximum absolute atomic E-state index is 8.91. The van der Waals surface area contributed by atoms with Gasteiger partial charge in [0.15, 0.2) is 6.19 Å². The van der Waals surface area contributed by atoms with E-state index in [-0.39, 0.29) is 5.54 Å². The van der Waals surface area contributed by atoms with Crippen LogP contribution in [0.4, 0.5) is 0 Å². The van der Waals surface area contributed by atoms with Crippen molar-refractivity contribution in [3.05, 3.63) is 35.4 Å². The van der Waals surface area contributed by atoms with Crippen LogP contribution in [0.15, 0.2) is 24.3 Å². The number of rotatable bonds is 5. The van der Waals surface area contributed by atoms with E-state index in [1.165, 1.54) is 24.0 Å². The number of nitrogens with zero attached hydrogens (tertiary/aromatic N) is 2. The minimum atomic E-state index is -0.0468. The Balaban J connectivity index is 0.000000484. The highest BCUT2D eigenvalue weighted by molar-refractivity contribution is 5.20. The SMILES string of the molecule is C=O.C=O.CC1CC1.Cc1ccc(COCC2CC2(N)C2CCN(C#N)CC2)cc1. The van der Waals surface area contributed by atoms with Crippen LogP contribution in [-0.2, 0) is 20.9 Å². The number of nitriles is 1. The number of hydrogen-bond acceptors (Lipinski definition) is 6. The first-order chi connectivity index (χ1) is 14.5. The molecule has 1 aromatic carbocycles. The van der Waals surface area contributed by atoms with Gasteiger partial charge in [0.05, 0.1) is 13.2 Å². The third-order valence-electron chi connectivity index (χ3n) is 6.17. The molecular formula is C24H37N3O3. The average molecular weight is 416 g/mol. The van der Waals surface area contributed by atoms with E-state index >= 15 is 0 Å². The highest BCUT2D eigenvalue weighted by Crippen LogP contribution is 2.50. The molecular weight excluding hydrogens is 378 g/mol. The van der Waals surface area contributed by atoms with Gasteiger partial charge < -0.3 is 25.0 Å². The molecule has 6 nitrogen and oxygen atoms in total. The van der Waals surface area contributed by atoms with Crippen LogP contribution in [-0.4, -0.2) is 43.7 Å². The van der Waals surface area contributed by atoms with Crippen molar-refractivity contribution in [1.29, 1.82) is 5.26 Å². The third-order valence-corrected chi connectivity index (χ3v) is 6.17. The van der Waals surface area contributed by atoms with Gasteiger partial charge in [0.2, 0.25) is 0 Å². The summed E-state index contributed by atoms with van der Waals surface area (Å²) >= 11 is 0. The first-order valence-corrected chi connectivity index (χ1v) is 10.7. The summed E-state index contributed by atoms with van der Waals surface area (Å²) in [4.78, 5) is 17.8. The maximum Gasteiger partial charge on any atom is 0.179 e. The Hall–Kier alpha value is -2.23. The first kappa shape index (κ1) is 25.8. The largest absolute Gasteiger partial charge is 0.376 e. The Kier molecular flexibility index (Phi) is 11.3. The van der Waals surface area contributed by atoms with Gasteiger partial charge in [-0.25, -0.2) is 0 Å². The fourth-order valence-electron chi connectivity index (χ4n) is 3.77. The number of benzene rings is 1. The van der Waals surface area contributed by atoms with Crippen LogP contribution in [0, 0.1) is 36.1 Å². The summed E-state index contributed by atoms with van der Waals surface area (Å²) in [5.41, 5.74) is 9.02. The molecule has 2 atom stereocenters. The fraction of sp³-hybridized carbons (Fsp3) is 0.625.